The third kappa shape index (κ3) is 15.7. The van der Waals surface area contributed by atoms with Gasteiger partial charge < -0.3 is 38.1 Å². The maximum atomic E-state index is 12.2. The Balaban J connectivity index is 1.33. The van der Waals surface area contributed by atoms with Gasteiger partial charge in [0.25, 0.3) is 0 Å². The predicted molar refractivity (Wildman–Crippen MR) is 165 cm³/mol. The van der Waals surface area contributed by atoms with Gasteiger partial charge in [-0.2, -0.15) is 0 Å². The van der Waals surface area contributed by atoms with Crippen molar-refractivity contribution in [3.63, 3.8) is 0 Å². The second kappa shape index (κ2) is 20.5. The topological polar surface area (TPSA) is 146 Å². The highest BCUT2D eigenvalue weighted by atomic mass is 16.6. The summed E-state index contributed by atoms with van der Waals surface area (Å²) >= 11 is 0. The van der Waals surface area contributed by atoms with Crippen molar-refractivity contribution >= 4 is 18.2 Å². The molecule has 2 N–H and O–H groups in total. The fourth-order valence-electron chi connectivity index (χ4n) is 4.37. The summed E-state index contributed by atoms with van der Waals surface area (Å²) in [5.74, 6) is 1.76. The molecule has 0 saturated heterocycles. The lowest BCUT2D eigenvalue weighted by molar-refractivity contribution is -0.144. The van der Waals surface area contributed by atoms with Gasteiger partial charge in [0.2, 0.25) is 0 Å². The molecule has 0 radical (unpaired) electrons. The van der Waals surface area contributed by atoms with E-state index in [1.807, 2.05) is 13.0 Å². The molecule has 1 unspecified atom stereocenters. The molecule has 0 aliphatic heterocycles. The van der Waals surface area contributed by atoms with Crippen LogP contribution in [0.2, 0.25) is 0 Å². The number of allylic oxidation sites excluding steroid dienone is 2. The minimum atomic E-state index is -0.525. The largest absolute Gasteiger partial charge is 0.469 e. The molecule has 12 heteroatoms. The van der Waals surface area contributed by atoms with E-state index in [1.54, 1.807) is 49.1 Å². The molecular weight excluding hydrogens is 582 g/mol. The highest BCUT2D eigenvalue weighted by Gasteiger charge is 2.12. The van der Waals surface area contributed by atoms with E-state index >= 15 is 0 Å². The first-order valence-electron chi connectivity index (χ1n) is 15.3. The third-order valence-corrected chi connectivity index (χ3v) is 6.86. The van der Waals surface area contributed by atoms with Crippen molar-refractivity contribution in [1.82, 2.24) is 15.5 Å². The van der Waals surface area contributed by atoms with Crippen molar-refractivity contribution in [1.29, 1.82) is 0 Å². The molecule has 246 valence electrons. The molecule has 12 nitrogen and oxygen atoms in total. The first kappa shape index (κ1) is 35.0. The minimum absolute atomic E-state index is 0.193. The van der Waals surface area contributed by atoms with Crippen LogP contribution in [0.15, 0.2) is 80.1 Å². The molecule has 3 heterocycles. The molecule has 1 atom stereocenters. The number of carbonyl (C=O) groups is 3. The number of amides is 2. The van der Waals surface area contributed by atoms with Crippen LogP contribution in [0.5, 0.6) is 0 Å². The number of aryl methyl sites for hydroxylation is 1. The number of furan rings is 3. The average molecular weight is 628 g/mol. The molecule has 0 aliphatic carbocycles. The van der Waals surface area contributed by atoms with Crippen molar-refractivity contribution in [3.8, 4) is 0 Å². The van der Waals surface area contributed by atoms with Gasteiger partial charge in [-0.25, -0.2) is 9.59 Å². The van der Waals surface area contributed by atoms with Crippen molar-refractivity contribution in [2.75, 3.05) is 32.8 Å². The Kier molecular flexibility index (Phi) is 16.0. The van der Waals surface area contributed by atoms with Crippen LogP contribution >= 0.6 is 0 Å². The standard InChI is InChI=1S/C33H45N3O9/c1-26(8-3-10-27(2)45-33(39)35-25-30-13-7-21-42-30)9-4-16-36(17-22-43-31(37)15-14-28-11-5-19-40-28)18-23-44-32(38)34-24-29-12-6-20-41-29/h5-8,11-13,19-21,27H,3-4,9-10,14-18,22-25H2,1-2H3,(H,34,38)(H,35,39)/b26-8-. The lowest BCUT2D eigenvalue weighted by Gasteiger charge is -2.22. The Morgan fingerprint density at radius 3 is 2.04 bits per heavy atom. The fourth-order valence-corrected chi connectivity index (χ4v) is 4.37. The first-order chi connectivity index (χ1) is 21.9. The number of hydrogen-bond acceptors (Lipinski definition) is 10. The molecule has 0 saturated carbocycles. The molecule has 0 spiro atoms. The second-order valence-electron chi connectivity index (χ2n) is 10.6. The molecule has 3 aromatic heterocycles. The van der Waals surface area contributed by atoms with Gasteiger partial charge >= 0.3 is 18.2 Å². The van der Waals surface area contributed by atoms with Crippen LogP contribution < -0.4 is 10.6 Å². The quantitative estimate of drug-likeness (QED) is 0.0820. The van der Waals surface area contributed by atoms with Crippen LogP contribution in [0.1, 0.15) is 63.2 Å². The number of nitrogens with one attached hydrogen (secondary N) is 2. The summed E-state index contributed by atoms with van der Waals surface area (Å²) in [6, 6.07) is 10.7. The monoisotopic (exact) mass is 627 g/mol. The Labute approximate surface area is 264 Å². The van der Waals surface area contributed by atoms with Gasteiger partial charge in [0.05, 0.1) is 38.3 Å². The maximum Gasteiger partial charge on any atom is 0.407 e. The highest BCUT2D eigenvalue weighted by Crippen LogP contribution is 2.11. The SMILES string of the molecule is C/C(=C/CCC(C)OC(=O)NCc1ccco1)CCCN(CCOC(=O)CCc1ccco1)CCOC(=O)NCc1ccco1. The summed E-state index contributed by atoms with van der Waals surface area (Å²) < 4.78 is 31.8. The van der Waals surface area contributed by atoms with E-state index in [4.69, 9.17) is 27.5 Å². The molecular formula is C33H45N3O9. The van der Waals surface area contributed by atoms with E-state index in [2.05, 4.69) is 28.5 Å². The Hall–Kier alpha value is -4.45. The fraction of sp³-hybridized carbons (Fsp3) is 0.485. The van der Waals surface area contributed by atoms with Crippen LogP contribution in [-0.4, -0.2) is 62.0 Å². The van der Waals surface area contributed by atoms with Crippen LogP contribution in [0, 0.1) is 0 Å². The van der Waals surface area contributed by atoms with Crippen molar-refractivity contribution in [2.24, 2.45) is 0 Å². The Morgan fingerprint density at radius 2 is 1.42 bits per heavy atom. The zero-order chi connectivity index (χ0) is 32.1. The number of nitrogens with zero attached hydrogens (tertiary/aromatic N) is 1. The maximum absolute atomic E-state index is 12.2. The number of rotatable bonds is 21. The predicted octanol–water partition coefficient (Wildman–Crippen LogP) is 5.99. The zero-order valence-corrected chi connectivity index (χ0v) is 26.2. The van der Waals surface area contributed by atoms with Crippen molar-refractivity contribution < 1.29 is 41.8 Å². The van der Waals surface area contributed by atoms with Gasteiger partial charge in [0, 0.05) is 19.5 Å². The summed E-state index contributed by atoms with van der Waals surface area (Å²) in [6.45, 7) is 6.67. The molecule has 3 aromatic rings. The van der Waals surface area contributed by atoms with Crippen LogP contribution in [0.3, 0.4) is 0 Å². The van der Waals surface area contributed by atoms with Crippen molar-refractivity contribution in [2.45, 2.75) is 71.6 Å². The minimum Gasteiger partial charge on any atom is -0.469 e. The Morgan fingerprint density at radius 1 is 0.822 bits per heavy atom. The number of hydrogen-bond donors (Lipinski definition) is 2. The van der Waals surface area contributed by atoms with E-state index < -0.39 is 12.2 Å². The van der Waals surface area contributed by atoms with Gasteiger partial charge in [-0.1, -0.05) is 11.6 Å². The zero-order valence-electron chi connectivity index (χ0n) is 26.2. The van der Waals surface area contributed by atoms with Gasteiger partial charge in [-0.3, -0.25) is 9.69 Å². The molecule has 0 fully saturated rings. The van der Waals surface area contributed by atoms with E-state index in [-0.39, 0.29) is 44.8 Å². The number of ether oxygens (including phenoxy) is 3. The van der Waals surface area contributed by atoms with Crippen LogP contribution in [-0.2, 0) is 38.5 Å². The molecule has 0 aromatic carbocycles. The average Bonchev–Trinajstić information content (AvgIpc) is 3.82. The summed E-state index contributed by atoms with van der Waals surface area (Å²) in [5, 5.41) is 5.34. The summed E-state index contributed by atoms with van der Waals surface area (Å²) in [4.78, 5) is 38.3. The number of carbonyl (C=O) groups excluding carboxylic acids is 3. The van der Waals surface area contributed by atoms with Crippen LogP contribution in [0.4, 0.5) is 9.59 Å². The highest BCUT2D eigenvalue weighted by molar-refractivity contribution is 5.69. The van der Waals surface area contributed by atoms with Gasteiger partial charge in [0.15, 0.2) is 0 Å². The van der Waals surface area contributed by atoms with E-state index in [1.165, 1.54) is 5.57 Å². The van der Waals surface area contributed by atoms with E-state index in [0.717, 1.165) is 31.6 Å². The molecule has 45 heavy (non-hydrogen) atoms. The van der Waals surface area contributed by atoms with E-state index in [9.17, 15) is 14.4 Å². The van der Waals surface area contributed by atoms with Gasteiger partial charge in [-0.05, 0) is 82.5 Å². The smallest absolute Gasteiger partial charge is 0.407 e. The first-order valence-corrected chi connectivity index (χ1v) is 15.3. The summed E-state index contributed by atoms with van der Waals surface area (Å²) in [6.07, 6.45) is 9.62. The van der Waals surface area contributed by atoms with Gasteiger partial charge in [-0.15, -0.1) is 0 Å². The normalized spacial score (nSPS) is 12.1. The van der Waals surface area contributed by atoms with Gasteiger partial charge in [0.1, 0.15) is 36.6 Å². The molecule has 0 bridgehead atoms. The summed E-state index contributed by atoms with van der Waals surface area (Å²) in [7, 11) is 0. The lowest BCUT2D eigenvalue weighted by atomic mass is 10.1. The molecule has 0 aliphatic rings. The number of esters is 1. The van der Waals surface area contributed by atoms with Crippen LogP contribution in [0.25, 0.3) is 0 Å². The molecule has 3 rings (SSSR count). The lowest BCUT2D eigenvalue weighted by Crippen LogP contribution is -2.34. The second-order valence-corrected chi connectivity index (χ2v) is 10.6. The molecule has 2 amide bonds. The summed E-state index contributed by atoms with van der Waals surface area (Å²) in [5.41, 5.74) is 1.24. The number of alkyl carbamates (subject to hydrolysis) is 2. The van der Waals surface area contributed by atoms with E-state index in [0.29, 0.717) is 37.5 Å². The Bertz CT molecular complexity index is 1200. The third-order valence-electron chi connectivity index (χ3n) is 6.86. The van der Waals surface area contributed by atoms with Crippen molar-refractivity contribution in [3.05, 3.63) is 84.1 Å².